The fourth-order valence-corrected chi connectivity index (χ4v) is 2.21. The molecule has 1 aromatic carbocycles. The van der Waals surface area contributed by atoms with Gasteiger partial charge in [0.05, 0.1) is 5.56 Å². The van der Waals surface area contributed by atoms with Crippen molar-refractivity contribution in [2.75, 3.05) is 0 Å². The Kier molecular flexibility index (Phi) is 2.46. The van der Waals surface area contributed by atoms with Crippen LogP contribution in [0, 0.1) is 13.8 Å². The number of rotatable bonds is 2. The average molecular weight is 217 g/mol. The highest BCUT2D eigenvalue weighted by Gasteiger charge is 2.11. The first-order valence-electron chi connectivity index (χ1n) is 5.38. The maximum atomic E-state index is 11.1. The first-order valence-corrected chi connectivity index (χ1v) is 5.38. The summed E-state index contributed by atoms with van der Waals surface area (Å²) in [5.74, 6) is -0.860. The molecule has 3 heteroatoms. The Hall–Kier alpha value is -1.77. The molecule has 0 bridgehead atoms. The molecule has 0 amide bonds. The number of benzene rings is 1. The van der Waals surface area contributed by atoms with Crippen molar-refractivity contribution in [3.05, 3.63) is 35.0 Å². The van der Waals surface area contributed by atoms with E-state index in [-0.39, 0.29) is 0 Å². The molecule has 0 aliphatic rings. The zero-order chi connectivity index (χ0) is 11.9. The van der Waals surface area contributed by atoms with Crippen LogP contribution in [-0.4, -0.2) is 15.6 Å². The lowest BCUT2D eigenvalue weighted by Crippen LogP contribution is -2.01. The molecule has 3 nitrogen and oxygen atoms in total. The minimum absolute atomic E-state index is 0.389. The summed E-state index contributed by atoms with van der Waals surface area (Å²) >= 11 is 0. The van der Waals surface area contributed by atoms with Gasteiger partial charge in [0.15, 0.2) is 0 Å². The number of fused-ring (bicyclic) bond motifs is 1. The second-order valence-corrected chi connectivity index (χ2v) is 4.06. The number of hydrogen-bond donors (Lipinski definition) is 1. The minimum Gasteiger partial charge on any atom is -0.478 e. The van der Waals surface area contributed by atoms with E-state index in [0.717, 1.165) is 23.0 Å². The standard InChI is InChI=1S/C13H15NO2/c1-4-14-9(3)6-10-5-8(2)11(13(15)16)7-12(10)14/h5-7H,4H2,1-3H3,(H,15,16). The number of carboxylic acid groups (broad SMARTS) is 1. The lowest BCUT2D eigenvalue weighted by molar-refractivity contribution is 0.0696. The predicted octanol–water partition coefficient (Wildman–Crippen LogP) is 2.98. The van der Waals surface area contributed by atoms with Crippen molar-refractivity contribution < 1.29 is 9.90 Å². The van der Waals surface area contributed by atoms with Gasteiger partial charge in [-0.25, -0.2) is 4.79 Å². The van der Waals surface area contributed by atoms with Gasteiger partial charge in [-0.3, -0.25) is 0 Å². The molecule has 1 N–H and O–H groups in total. The van der Waals surface area contributed by atoms with Crippen LogP contribution < -0.4 is 0 Å². The maximum absolute atomic E-state index is 11.1. The van der Waals surface area contributed by atoms with Crippen molar-refractivity contribution >= 4 is 16.9 Å². The lowest BCUT2D eigenvalue weighted by Gasteiger charge is -2.06. The van der Waals surface area contributed by atoms with E-state index in [4.69, 9.17) is 5.11 Å². The molecule has 0 saturated carbocycles. The number of carboxylic acids is 1. The van der Waals surface area contributed by atoms with Crippen molar-refractivity contribution in [3.63, 3.8) is 0 Å². The maximum Gasteiger partial charge on any atom is 0.336 e. The third-order valence-corrected chi connectivity index (χ3v) is 3.00. The molecule has 0 unspecified atom stereocenters. The van der Waals surface area contributed by atoms with Crippen molar-refractivity contribution in [1.82, 2.24) is 4.57 Å². The van der Waals surface area contributed by atoms with E-state index < -0.39 is 5.97 Å². The summed E-state index contributed by atoms with van der Waals surface area (Å²) in [6.45, 7) is 6.80. The second kappa shape index (κ2) is 3.67. The minimum atomic E-state index is -0.860. The Balaban J connectivity index is 2.80. The van der Waals surface area contributed by atoms with E-state index in [2.05, 4.69) is 17.6 Å². The highest BCUT2D eigenvalue weighted by Crippen LogP contribution is 2.23. The van der Waals surface area contributed by atoms with Gasteiger partial charge in [0.2, 0.25) is 0 Å². The summed E-state index contributed by atoms with van der Waals surface area (Å²) in [6, 6.07) is 5.80. The molecule has 0 aliphatic heterocycles. The molecular weight excluding hydrogens is 202 g/mol. The molecule has 16 heavy (non-hydrogen) atoms. The number of aromatic carboxylic acids is 1. The molecule has 0 spiro atoms. The largest absolute Gasteiger partial charge is 0.478 e. The molecule has 2 rings (SSSR count). The van der Waals surface area contributed by atoms with Gasteiger partial charge in [-0.2, -0.15) is 0 Å². The zero-order valence-electron chi connectivity index (χ0n) is 9.74. The van der Waals surface area contributed by atoms with Gasteiger partial charge in [-0.1, -0.05) is 0 Å². The van der Waals surface area contributed by atoms with E-state index in [1.807, 2.05) is 19.9 Å². The Morgan fingerprint density at radius 3 is 2.56 bits per heavy atom. The van der Waals surface area contributed by atoms with Gasteiger partial charge in [0.25, 0.3) is 0 Å². The van der Waals surface area contributed by atoms with Gasteiger partial charge in [0, 0.05) is 23.1 Å². The van der Waals surface area contributed by atoms with Gasteiger partial charge in [-0.05, 0) is 44.5 Å². The first-order chi connectivity index (χ1) is 7.54. The predicted molar refractivity (Wildman–Crippen MR) is 64.0 cm³/mol. The Morgan fingerprint density at radius 2 is 2.00 bits per heavy atom. The molecule has 2 aromatic rings. The van der Waals surface area contributed by atoms with E-state index in [9.17, 15) is 4.79 Å². The highest BCUT2D eigenvalue weighted by atomic mass is 16.4. The number of aromatic nitrogens is 1. The third-order valence-electron chi connectivity index (χ3n) is 3.00. The summed E-state index contributed by atoms with van der Waals surface area (Å²) in [4.78, 5) is 11.1. The van der Waals surface area contributed by atoms with Crippen LogP contribution in [0.2, 0.25) is 0 Å². The van der Waals surface area contributed by atoms with E-state index in [1.165, 1.54) is 5.69 Å². The number of hydrogen-bond acceptors (Lipinski definition) is 1. The van der Waals surface area contributed by atoms with Crippen molar-refractivity contribution in [2.24, 2.45) is 0 Å². The molecule has 84 valence electrons. The SMILES string of the molecule is CCn1c(C)cc2cc(C)c(C(=O)O)cc21. The summed E-state index contributed by atoms with van der Waals surface area (Å²) in [5, 5.41) is 10.2. The van der Waals surface area contributed by atoms with Gasteiger partial charge >= 0.3 is 5.97 Å². The Morgan fingerprint density at radius 1 is 1.31 bits per heavy atom. The molecule has 1 aromatic heterocycles. The molecular formula is C13H15NO2. The number of carbonyl (C=O) groups is 1. The molecule has 0 fully saturated rings. The van der Waals surface area contributed by atoms with Crippen LogP contribution >= 0.6 is 0 Å². The quantitative estimate of drug-likeness (QED) is 0.840. The van der Waals surface area contributed by atoms with E-state index in [1.54, 1.807) is 6.07 Å². The second-order valence-electron chi connectivity index (χ2n) is 4.06. The summed E-state index contributed by atoms with van der Waals surface area (Å²) in [6.07, 6.45) is 0. The molecule has 0 atom stereocenters. The highest BCUT2D eigenvalue weighted by molar-refractivity contribution is 5.95. The van der Waals surface area contributed by atoms with Crippen LogP contribution in [0.5, 0.6) is 0 Å². The van der Waals surface area contributed by atoms with Crippen molar-refractivity contribution in [1.29, 1.82) is 0 Å². The van der Waals surface area contributed by atoms with Crippen LogP contribution in [0.3, 0.4) is 0 Å². The fourth-order valence-electron chi connectivity index (χ4n) is 2.21. The summed E-state index contributed by atoms with van der Waals surface area (Å²) in [5.41, 5.74) is 3.37. The van der Waals surface area contributed by atoms with E-state index in [0.29, 0.717) is 5.56 Å². The zero-order valence-corrected chi connectivity index (χ0v) is 9.74. The van der Waals surface area contributed by atoms with Gasteiger partial charge in [-0.15, -0.1) is 0 Å². The third kappa shape index (κ3) is 1.48. The van der Waals surface area contributed by atoms with Crippen LogP contribution in [0.25, 0.3) is 10.9 Å². The normalized spacial score (nSPS) is 10.9. The summed E-state index contributed by atoms with van der Waals surface area (Å²) in [7, 11) is 0. The summed E-state index contributed by atoms with van der Waals surface area (Å²) < 4.78 is 2.13. The molecule has 1 heterocycles. The topological polar surface area (TPSA) is 42.2 Å². The van der Waals surface area contributed by atoms with Gasteiger partial charge in [0.1, 0.15) is 0 Å². The van der Waals surface area contributed by atoms with Crippen molar-refractivity contribution in [2.45, 2.75) is 27.3 Å². The molecule has 0 radical (unpaired) electrons. The average Bonchev–Trinajstić information content (AvgIpc) is 2.50. The smallest absolute Gasteiger partial charge is 0.336 e. The van der Waals surface area contributed by atoms with Crippen LogP contribution in [0.4, 0.5) is 0 Å². The Bertz CT molecular complexity index is 567. The number of nitrogens with zero attached hydrogens (tertiary/aromatic N) is 1. The van der Waals surface area contributed by atoms with Crippen LogP contribution in [-0.2, 0) is 6.54 Å². The first kappa shape index (κ1) is 10.7. The number of aryl methyl sites for hydroxylation is 3. The monoisotopic (exact) mass is 217 g/mol. The Labute approximate surface area is 94.3 Å². The lowest BCUT2D eigenvalue weighted by atomic mass is 10.1. The van der Waals surface area contributed by atoms with Crippen LogP contribution in [0.1, 0.15) is 28.5 Å². The molecule has 0 saturated heterocycles. The fraction of sp³-hybridized carbons (Fsp3) is 0.308. The van der Waals surface area contributed by atoms with Gasteiger partial charge < -0.3 is 9.67 Å². The van der Waals surface area contributed by atoms with Crippen molar-refractivity contribution in [3.8, 4) is 0 Å². The van der Waals surface area contributed by atoms with Crippen LogP contribution in [0.15, 0.2) is 18.2 Å². The molecule has 0 aliphatic carbocycles. The van der Waals surface area contributed by atoms with E-state index >= 15 is 0 Å².